The fourth-order valence-corrected chi connectivity index (χ4v) is 5.48. The highest BCUT2D eigenvalue weighted by atomic mass is 32.2. The maximum atomic E-state index is 5.44. The molecule has 0 N–H and O–H groups in total. The van der Waals surface area contributed by atoms with Crippen molar-refractivity contribution in [3.63, 3.8) is 0 Å². The van der Waals surface area contributed by atoms with E-state index in [-0.39, 0.29) is 0 Å². The average Bonchev–Trinajstić information content (AvgIpc) is 2.84. The summed E-state index contributed by atoms with van der Waals surface area (Å²) in [6.07, 6.45) is 1.83. The fourth-order valence-electron chi connectivity index (χ4n) is 2.77. The van der Waals surface area contributed by atoms with E-state index in [2.05, 4.69) is 52.6 Å². The normalized spacial score (nSPS) is 16.9. The SMILES string of the molecule is COc1ccc(CN(C)C2CSCCSC2)c2cccnc12. The highest BCUT2D eigenvalue weighted by molar-refractivity contribution is 8.03. The van der Waals surface area contributed by atoms with Gasteiger partial charge in [-0.15, -0.1) is 0 Å². The molecule has 118 valence electrons. The molecule has 1 saturated heterocycles. The number of methoxy groups -OCH3 is 1. The third kappa shape index (κ3) is 3.53. The minimum atomic E-state index is 0.645. The molecule has 0 radical (unpaired) electrons. The zero-order valence-corrected chi connectivity index (χ0v) is 14.8. The molecule has 1 aromatic carbocycles. The lowest BCUT2D eigenvalue weighted by Gasteiger charge is -2.27. The molecular weight excluding hydrogens is 312 g/mol. The van der Waals surface area contributed by atoms with Crippen molar-refractivity contribution in [2.75, 3.05) is 37.2 Å². The Hall–Kier alpha value is -0.910. The van der Waals surface area contributed by atoms with Crippen molar-refractivity contribution in [1.29, 1.82) is 0 Å². The van der Waals surface area contributed by atoms with Crippen molar-refractivity contribution in [3.8, 4) is 5.75 Å². The van der Waals surface area contributed by atoms with Gasteiger partial charge in [-0.1, -0.05) is 12.1 Å². The molecule has 1 aliphatic heterocycles. The smallest absolute Gasteiger partial charge is 0.145 e. The number of pyridine rings is 1. The van der Waals surface area contributed by atoms with E-state index < -0.39 is 0 Å². The van der Waals surface area contributed by atoms with Crippen LogP contribution in [0.4, 0.5) is 0 Å². The monoisotopic (exact) mass is 334 g/mol. The topological polar surface area (TPSA) is 25.4 Å². The highest BCUT2D eigenvalue weighted by Crippen LogP contribution is 2.28. The number of nitrogens with zero attached hydrogens (tertiary/aromatic N) is 2. The molecule has 1 aromatic heterocycles. The van der Waals surface area contributed by atoms with Crippen LogP contribution in [0, 0.1) is 0 Å². The standard InChI is InChI=1S/C17H22N2OS2/c1-19(14-11-21-8-9-22-12-14)10-13-5-6-16(20-2)17-15(13)4-3-7-18-17/h3-7,14H,8-12H2,1-2H3. The van der Waals surface area contributed by atoms with Crippen molar-refractivity contribution in [3.05, 3.63) is 36.0 Å². The summed E-state index contributed by atoms with van der Waals surface area (Å²) in [5.74, 6) is 5.88. The first-order valence-electron chi connectivity index (χ1n) is 7.56. The van der Waals surface area contributed by atoms with Crippen LogP contribution in [0.2, 0.25) is 0 Å². The van der Waals surface area contributed by atoms with E-state index in [4.69, 9.17) is 4.74 Å². The largest absolute Gasteiger partial charge is 0.494 e. The van der Waals surface area contributed by atoms with Gasteiger partial charge in [-0.25, -0.2) is 0 Å². The molecule has 22 heavy (non-hydrogen) atoms. The Balaban J connectivity index is 1.84. The van der Waals surface area contributed by atoms with E-state index in [1.54, 1.807) is 7.11 Å². The molecule has 2 heterocycles. The second kappa shape index (κ2) is 7.57. The van der Waals surface area contributed by atoms with Crippen molar-refractivity contribution in [1.82, 2.24) is 9.88 Å². The minimum absolute atomic E-state index is 0.645. The van der Waals surface area contributed by atoms with Gasteiger partial charge in [-0.3, -0.25) is 9.88 Å². The van der Waals surface area contributed by atoms with Crippen molar-refractivity contribution in [2.24, 2.45) is 0 Å². The molecule has 3 rings (SSSR count). The number of rotatable bonds is 4. The molecule has 3 nitrogen and oxygen atoms in total. The average molecular weight is 335 g/mol. The van der Waals surface area contributed by atoms with Gasteiger partial charge < -0.3 is 4.74 Å². The number of aromatic nitrogens is 1. The summed E-state index contributed by atoms with van der Waals surface area (Å²) in [6, 6.07) is 9.00. The Labute approximate surface area is 140 Å². The molecule has 0 atom stereocenters. The van der Waals surface area contributed by atoms with E-state index in [1.165, 1.54) is 34.0 Å². The third-order valence-corrected chi connectivity index (χ3v) is 6.56. The summed E-state index contributed by atoms with van der Waals surface area (Å²) >= 11 is 4.16. The zero-order chi connectivity index (χ0) is 15.4. The second-order valence-electron chi connectivity index (χ2n) is 5.55. The molecule has 0 amide bonds. The van der Waals surface area contributed by atoms with Crippen LogP contribution in [0.1, 0.15) is 5.56 Å². The quantitative estimate of drug-likeness (QED) is 0.852. The predicted molar refractivity (Wildman–Crippen MR) is 98.2 cm³/mol. The molecule has 0 unspecified atom stereocenters. The van der Waals surface area contributed by atoms with Crippen LogP contribution in [0.15, 0.2) is 30.5 Å². The van der Waals surface area contributed by atoms with Gasteiger partial charge in [0.1, 0.15) is 11.3 Å². The minimum Gasteiger partial charge on any atom is -0.494 e. The summed E-state index contributed by atoms with van der Waals surface area (Å²) in [7, 11) is 3.94. The predicted octanol–water partition coefficient (Wildman–Crippen LogP) is 3.52. The van der Waals surface area contributed by atoms with E-state index >= 15 is 0 Å². The van der Waals surface area contributed by atoms with Crippen LogP contribution < -0.4 is 4.74 Å². The van der Waals surface area contributed by atoms with Gasteiger partial charge in [0.05, 0.1) is 7.11 Å². The summed E-state index contributed by atoms with van der Waals surface area (Å²) in [5.41, 5.74) is 2.28. The molecule has 0 spiro atoms. The van der Waals surface area contributed by atoms with Gasteiger partial charge in [0.25, 0.3) is 0 Å². The summed E-state index contributed by atoms with van der Waals surface area (Å²) in [4.78, 5) is 6.98. The summed E-state index contributed by atoms with van der Waals surface area (Å²) < 4.78 is 5.44. The second-order valence-corrected chi connectivity index (χ2v) is 7.84. The maximum absolute atomic E-state index is 5.44. The summed E-state index contributed by atoms with van der Waals surface area (Å²) in [5, 5.41) is 1.20. The lowest BCUT2D eigenvalue weighted by atomic mass is 10.1. The van der Waals surface area contributed by atoms with E-state index in [9.17, 15) is 0 Å². The summed E-state index contributed by atoms with van der Waals surface area (Å²) in [6.45, 7) is 0.956. The van der Waals surface area contributed by atoms with Crippen LogP contribution in [0.3, 0.4) is 0 Å². The van der Waals surface area contributed by atoms with E-state index in [1.807, 2.05) is 18.3 Å². The van der Waals surface area contributed by atoms with Crippen molar-refractivity contribution < 1.29 is 4.74 Å². The number of ether oxygens (including phenoxy) is 1. The molecule has 0 aliphatic carbocycles. The van der Waals surface area contributed by atoms with E-state index in [0.29, 0.717) is 6.04 Å². The third-order valence-electron chi connectivity index (χ3n) is 4.08. The lowest BCUT2D eigenvalue weighted by Crippen LogP contribution is -2.35. The van der Waals surface area contributed by atoms with Crippen LogP contribution in [0.5, 0.6) is 5.75 Å². The van der Waals surface area contributed by atoms with Gasteiger partial charge in [-0.2, -0.15) is 23.5 Å². The molecule has 5 heteroatoms. The molecule has 1 aliphatic rings. The Kier molecular flexibility index (Phi) is 5.50. The van der Waals surface area contributed by atoms with Gasteiger partial charge in [0, 0.05) is 47.2 Å². The van der Waals surface area contributed by atoms with Crippen LogP contribution in [0.25, 0.3) is 10.9 Å². The molecule has 0 saturated carbocycles. The number of fused-ring (bicyclic) bond motifs is 1. The highest BCUT2D eigenvalue weighted by Gasteiger charge is 2.19. The van der Waals surface area contributed by atoms with E-state index in [0.717, 1.165) is 17.8 Å². The Bertz CT molecular complexity index is 627. The molecular formula is C17H22N2OS2. The first kappa shape index (κ1) is 16.0. The fraction of sp³-hybridized carbons (Fsp3) is 0.471. The number of benzene rings is 1. The first-order chi connectivity index (χ1) is 10.8. The Morgan fingerprint density at radius 2 is 2.00 bits per heavy atom. The Morgan fingerprint density at radius 1 is 1.23 bits per heavy atom. The first-order valence-corrected chi connectivity index (χ1v) is 9.87. The van der Waals surface area contributed by atoms with Crippen LogP contribution in [-0.2, 0) is 6.54 Å². The van der Waals surface area contributed by atoms with Crippen LogP contribution in [-0.4, -0.2) is 53.1 Å². The molecule has 0 bridgehead atoms. The van der Waals surface area contributed by atoms with Crippen molar-refractivity contribution >= 4 is 34.4 Å². The maximum Gasteiger partial charge on any atom is 0.145 e. The number of hydrogen-bond acceptors (Lipinski definition) is 5. The van der Waals surface area contributed by atoms with Crippen molar-refractivity contribution in [2.45, 2.75) is 12.6 Å². The van der Waals surface area contributed by atoms with Gasteiger partial charge in [0.2, 0.25) is 0 Å². The lowest BCUT2D eigenvalue weighted by molar-refractivity contribution is 0.274. The van der Waals surface area contributed by atoms with Gasteiger partial charge in [-0.05, 0) is 24.7 Å². The van der Waals surface area contributed by atoms with Crippen LogP contribution >= 0.6 is 23.5 Å². The Morgan fingerprint density at radius 3 is 2.73 bits per heavy atom. The molecule has 2 aromatic rings. The van der Waals surface area contributed by atoms with Gasteiger partial charge in [0.15, 0.2) is 0 Å². The number of thioether (sulfide) groups is 2. The molecule has 1 fully saturated rings. The number of hydrogen-bond donors (Lipinski definition) is 0. The zero-order valence-electron chi connectivity index (χ0n) is 13.1. The van der Waals surface area contributed by atoms with Gasteiger partial charge >= 0.3 is 0 Å².